The first-order chi connectivity index (χ1) is 20.5. The molecule has 0 spiro atoms. The zero-order valence-electron chi connectivity index (χ0n) is 28.8. The fraction of sp³-hybridized carbons (Fsp3) is 0.324. The molecule has 7 rings (SSSR count). The molecule has 4 aromatic carbocycles. The Labute approximate surface area is 242 Å². The van der Waals surface area contributed by atoms with Gasteiger partial charge >= 0.3 is 0 Å². The first-order valence-corrected chi connectivity index (χ1v) is 14.7. The van der Waals surface area contributed by atoms with Gasteiger partial charge in [-0.3, -0.25) is 4.98 Å². The number of benzene rings is 4. The average molecular weight is 533 g/mol. The minimum Gasteiger partial charge on any atom is -0.256 e. The summed E-state index contributed by atoms with van der Waals surface area (Å²) < 4.78 is 48.0. The number of pyridine rings is 1. The van der Waals surface area contributed by atoms with Crippen LogP contribution in [0.1, 0.15) is 84.9 Å². The number of rotatable bonds is 1. The zero-order valence-corrected chi connectivity index (χ0v) is 24.6. The highest BCUT2D eigenvalue weighted by Crippen LogP contribution is 2.49. The molecule has 1 nitrogen and oxygen atoms in total. The molecule has 0 aliphatic heterocycles. The topological polar surface area (TPSA) is 12.9 Å². The monoisotopic (exact) mass is 532 g/mol. The number of nitrogens with zero attached hydrogens (tertiary/aromatic N) is 1. The van der Waals surface area contributed by atoms with Crippen LogP contribution < -0.4 is 0 Å². The van der Waals surface area contributed by atoms with E-state index in [0.717, 1.165) is 34.9 Å². The van der Waals surface area contributed by atoms with Crippen molar-refractivity contribution < 1.29 is 6.85 Å². The molecule has 0 atom stereocenters. The van der Waals surface area contributed by atoms with E-state index < -0.39 is 0 Å². The van der Waals surface area contributed by atoms with Gasteiger partial charge in [-0.2, -0.15) is 0 Å². The maximum atomic E-state index is 9.54. The molecule has 196 valence electrons. The van der Waals surface area contributed by atoms with E-state index in [1.54, 1.807) is 6.20 Å². The van der Waals surface area contributed by atoms with E-state index in [9.17, 15) is 4.11 Å². The minimum absolute atomic E-state index is 0.0110. The maximum Gasteiger partial charge on any atom is 0.0709 e. The molecule has 2 aromatic heterocycles. The molecule has 6 aromatic rings. The lowest BCUT2D eigenvalue weighted by Crippen LogP contribution is -2.33. The number of fused-ring (bicyclic) bond motifs is 7. The van der Waals surface area contributed by atoms with Crippen molar-refractivity contribution in [1.82, 2.24) is 4.98 Å². The second-order valence-corrected chi connectivity index (χ2v) is 14.6. The Hall–Kier alpha value is -3.23. The summed E-state index contributed by atoms with van der Waals surface area (Å²) in [5.41, 5.74) is 3.73. The molecule has 1 aliphatic rings. The number of aromatic nitrogens is 1. The van der Waals surface area contributed by atoms with Gasteiger partial charge in [0.2, 0.25) is 0 Å². The summed E-state index contributed by atoms with van der Waals surface area (Å²) in [7, 11) is 0. The quantitative estimate of drug-likeness (QED) is 0.205. The van der Waals surface area contributed by atoms with Gasteiger partial charge in [-0.05, 0) is 86.8 Å². The summed E-state index contributed by atoms with van der Waals surface area (Å²) in [6.45, 7) is 15.2. The fourth-order valence-electron chi connectivity index (χ4n) is 6.22. The van der Waals surface area contributed by atoms with E-state index in [-0.39, 0.29) is 34.4 Å². The summed E-state index contributed by atoms with van der Waals surface area (Å²) in [5.74, 6) is 0. The van der Waals surface area contributed by atoms with Gasteiger partial charge in [-0.25, -0.2) is 0 Å². The third-order valence-corrected chi connectivity index (χ3v) is 9.83. The van der Waals surface area contributed by atoms with Crippen molar-refractivity contribution in [3.05, 3.63) is 89.5 Å². The third kappa shape index (κ3) is 3.83. The third-order valence-electron chi connectivity index (χ3n) is 8.70. The highest BCUT2D eigenvalue weighted by atomic mass is 32.1. The predicted molar refractivity (Wildman–Crippen MR) is 172 cm³/mol. The zero-order chi connectivity index (χ0) is 31.7. The molecule has 1 aliphatic carbocycles. The summed E-state index contributed by atoms with van der Waals surface area (Å²) in [4.78, 5) is 4.75. The fourth-order valence-corrected chi connectivity index (χ4v) is 7.35. The van der Waals surface area contributed by atoms with E-state index in [0.29, 0.717) is 48.7 Å². The molecule has 39 heavy (non-hydrogen) atoms. The Kier molecular flexibility index (Phi) is 4.13. The van der Waals surface area contributed by atoms with Crippen LogP contribution in [0.25, 0.3) is 53.0 Å². The van der Waals surface area contributed by atoms with Gasteiger partial charge in [-0.1, -0.05) is 84.8 Å². The lowest BCUT2D eigenvalue weighted by molar-refractivity contribution is 0.332. The van der Waals surface area contributed by atoms with E-state index in [1.165, 1.54) is 22.3 Å². The van der Waals surface area contributed by atoms with Crippen molar-refractivity contribution >= 4 is 53.1 Å². The Morgan fingerprint density at radius 2 is 1.51 bits per heavy atom. The summed E-state index contributed by atoms with van der Waals surface area (Å²) in [6, 6.07) is 13.6. The Balaban J connectivity index is 1.62. The molecule has 0 N–H and O–H groups in total. The van der Waals surface area contributed by atoms with Crippen LogP contribution in [0.3, 0.4) is 0 Å². The normalized spacial score (nSPS) is 18.6. The SMILES string of the molecule is [2H]c1c([2H])c2c(sc3c([2H])c4c(c([2H])c32)C(C)(C)CCC4(C)C)c2c([2H])c(-c3cc(C(C)(C)C)c4ccccc4c3)ncc12. The minimum atomic E-state index is -0.276. The van der Waals surface area contributed by atoms with E-state index >= 15 is 0 Å². The van der Waals surface area contributed by atoms with Crippen molar-refractivity contribution in [2.45, 2.75) is 77.6 Å². The Bertz CT molecular complexity index is 2220. The second kappa shape index (κ2) is 8.15. The van der Waals surface area contributed by atoms with Gasteiger partial charge < -0.3 is 0 Å². The lowest BCUT2D eigenvalue weighted by atomic mass is 9.63. The first kappa shape index (κ1) is 19.8. The molecule has 0 unspecified atom stereocenters. The van der Waals surface area contributed by atoms with E-state index in [1.807, 2.05) is 6.07 Å². The Morgan fingerprint density at radius 1 is 0.795 bits per heavy atom. The standard InChI is InChI=1S/C37H37NS/c1-35(2,3)29-17-24(16-22-10-8-9-11-25(22)29)32-19-27-23(21-38-32)12-13-26-28-18-30-31(20-33(28)39-34(26)27)37(6,7)15-14-36(30,4)5/h8-13,16-21H,14-15H2,1-7H3/i12D,13D,18D,19D,20D. The van der Waals surface area contributed by atoms with Crippen molar-refractivity contribution in [3.63, 3.8) is 0 Å². The van der Waals surface area contributed by atoms with Crippen LogP contribution in [0.4, 0.5) is 0 Å². The molecule has 2 heteroatoms. The largest absolute Gasteiger partial charge is 0.256 e. The van der Waals surface area contributed by atoms with Gasteiger partial charge in [0.05, 0.1) is 12.5 Å². The highest BCUT2D eigenvalue weighted by molar-refractivity contribution is 7.26. The molecule has 0 radical (unpaired) electrons. The number of thiophene rings is 1. The molecular formula is C37H37NS. The van der Waals surface area contributed by atoms with E-state index in [4.69, 9.17) is 7.73 Å². The Morgan fingerprint density at radius 3 is 2.26 bits per heavy atom. The van der Waals surface area contributed by atoms with Crippen LogP contribution in [0.5, 0.6) is 0 Å². The lowest BCUT2D eigenvalue weighted by Gasteiger charge is -2.41. The van der Waals surface area contributed by atoms with Crippen molar-refractivity contribution in [2.24, 2.45) is 0 Å². The van der Waals surface area contributed by atoms with Crippen LogP contribution >= 0.6 is 11.3 Å². The van der Waals surface area contributed by atoms with Crippen LogP contribution in [-0.2, 0) is 16.2 Å². The molecule has 0 saturated heterocycles. The molecule has 0 saturated carbocycles. The van der Waals surface area contributed by atoms with Crippen LogP contribution in [0.15, 0.2) is 72.8 Å². The summed E-state index contributed by atoms with van der Waals surface area (Å²) >= 11 is 1.40. The first-order valence-electron chi connectivity index (χ1n) is 16.4. The van der Waals surface area contributed by atoms with Crippen LogP contribution in [0.2, 0.25) is 0 Å². The van der Waals surface area contributed by atoms with Gasteiger partial charge in [0.15, 0.2) is 0 Å². The van der Waals surface area contributed by atoms with Gasteiger partial charge in [0, 0.05) is 42.7 Å². The number of hydrogen-bond acceptors (Lipinski definition) is 2. The highest BCUT2D eigenvalue weighted by Gasteiger charge is 2.37. The van der Waals surface area contributed by atoms with Gasteiger partial charge in [0.25, 0.3) is 0 Å². The van der Waals surface area contributed by atoms with Crippen molar-refractivity contribution in [2.75, 3.05) is 0 Å². The molecule has 0 amide bonds. The van der Waals surface area contributed by atoms with Crippen LogP contribution in [-0.4, -0.2) is 4.98 Å². The smallest absolute Gasteiger partial charge is 0.0709 e. The predicted octanol–water partition coefficient (Wildman–Crippen LogP) is 11.1. The second-order valence-electron chi connectivity index (χ2n) is 13.5. The summed E-state index contributed by atoms with van der Waals surface area (Å²) in [6.07, 6.45) is 3.49. The summed E-state index contributed by atoms with van der Waals surface area (Å²) in [5, 5.41) is 4.40. The van der Waals surface area contributed by atoms with Gasteiger partial charge in [0.1, 0.15) is 0 Å². The van der Waals surface area contributed by atoms with Gasteiger partial charge in [-0.15, -0.1) is 11.3 Å². The van der Waals surface area contributed by atoms with Crippen LogP contribution in [0, 0.1) is 0 Å². The molecule has 0 fully saturated rings. The number of hydrogen-bond donors (Lipinski definition) is 0. The molecule has 0 bridgehead atoms. The molecular weight excluding hydrogens is 490 g/mol. The van der Waals surface area contributed by atoms with Crippen molar-refractivity contribution in [1.29, 1.82) is 0 Å². The van der Waals surface area contributed by atoms with Crippen molar-refractivity contribution in [3.8, 4) is 11.3 Å². The van der Waals surface area contributed by atoms with E-state index in [2.05, 4.69) is 78.8 Å². The molecule has 2 heterocycles. The average Bonchev–Trinajstić information content (AvgIpc) is 3.36. The maximum absolute atomic E-state index is 9.54.